The van der Waals surface area contributed by atoms with Gasteiger partial charge in [-0.3, -0.25) is 4.79 Å². The summed E-state index contributed by atoms with van der Waals surface area (Å²) in [7, 11) is 0. The van der Waals surface area contributed by atoms with Gasteiger partial charge in [-0.05, 0) is 68.8 Å². The second-order valence-corrected chi connectivity index (χ2v) is 6.97. The molecule has 2 aliphatic heterocycles. The van der Waals surface area contributed by atoms with Crippen molar-refractivity contribution in [2.45, 2.75) is 44.6 Å². The normalized spacial score (nSPS) is 22.0. The first-order valence-corrected chi connectivity index (χ1v) is 8.87. The van der Waals surface area contributed by atoms with Crippen molar-refractivity contribution < 1.29 is 4.79 Å². The molecule has 128 valence electrons. The van der Waals surface area contributed by atoms with Gasteiger partial charge in [-0.15, -0.1) is 12.4 Å². The average molecular weight is 357 g/mol. The van der Waals surface area contributed by atoms with E-state index in [-0.39, 0.29) is 18.4 Å². The fourth-order valence-electron chi connectivity index (χ4n) is 3.74. The molecule has 1 N–H and O–H groups in total. The van der Waals surface area contributed by atoms with Crippen LogP contribution in [0.2, 0.25) is 5.02 Å². The van der Waals surface area contributed by atoms with Crippen LogP contribution in [0.4, 0.5) is 0 Å². The lowest BCUT2D eigenvalue weighted by Gasteiger charge is -2.27. The van der Waals surface area contributed by atoms with Gasteiger partial charge in [0, 0.05) is 18.0 Å². The largest absolute Gasteiger partial charge is 0.336 e. The first-order chi connectivity index (χ1) is 10.7. The van der Waals surface area contributed by atoms with E-state index in [9.17, 15) is 4.79 Å². The Morgan fingerprint density at radius 1 is 1.17 bits per heavy atom. The number of carbonyl (C=O) groups is 1. The monoisotopic (exact) mass is 356 g/mol. The van der Waals surface area contributed by atoms with Gasteiger partial charge < -0.3 is 10.2 Å². The topological polar surface area (TPSA) is 32.3 Å². The van der Waals surface area contributed by atoms with Crippen molar-refractivity contribution in [2.75, 3.05) is 19.6 Å². The summed E-state index contributed by atoms with van der Waals surface area (Å²) < 4.78 is 0. The summed E-state index contributed by atoms with van der Waals surface area (Å²) in [5, 5.41) is 4.14. The Morgan fingerprint density at radius 3 is 2.57 bits per heavy atom. The molecule has 1 amide bonds. The number of nitrogens with zero attached hydrogens (tertiary/aromatic N) is 1. The van der Waals surface area contributed by atoms with Crippen molar-refractivity contribution in [3.8, 4) is 0 Å². The van der Waals surface area contributed by atoms with Gasteiger partial charge in [0.15, 0.2) is 0 Å². The maximum Gasteiger partial charge on any atom is 0.223 e. The van der Waals surface area contributed by atoms with Crippen LogP contribution < -0.4 is 5.32 Å². The van der Waals surface area contributed by atoms with Gasteiger partial charge in [0.25, 0.3) is 0 Å². The second kappa shape index (κ2) is 8.91. The molecule has 0 aliphatic carbocycles. The van der Waals surface area contributed by atoms with E-state index in [1.807, 2.05) is 12.1 Å². The van der Waals surface area contributed by atoms with Gasteiger partial charge in [0.1, 0.15) is 0 Å². The number of nitrogens with one attached hydrogen (secondary N) is 1. The van der Waals surface area contributed by atoms with E-state index in [1.54, 1.807) is 0 Å². The third-order valence-corrected chi connectivity index (χ3v) is 5.31. The van der Waals surface area contributed by atoms with E-state index in [0.717, 1.165) is 49.8 Å². The number of likely N-dealkylation sites (tertiary alicyclic amines) is 1. The Hall–Kier alpha value is -0.770. The molecule has 0 radical (unpaired) electrons. The fraction of sp³-hybridized carbons (Fsp3) is 0.611. The van der Waals surface area contributed by atoms with Gasteiger partial charge in [-0.2, -0.15) is 0 Å². The van der Waals surface area contributed by atoms with Crippen LogP contribution >= 0.6 is 24.0 Å². The van der Waals surface area contributed by atoms with Gasteiger partial charge in [-0.1, -0.05) is 23.7 Å². The molecule has 0 aromatic heterocycles. The van der Waals surface area contributed by atoms with Crippen molar-refractivity contribution >= 4 is 29.9 Å². The number of piperidine rings is 1. The molecule has 0 saturated carbocycles. The van der Waals surface area contributed by atoms with Crippen LogP contribution in [0.1, 0.15) is 50.1 Å². The zero-order valence-electron chi connectivity index (χ0n) is 13.5. The van der Waals surface area contributed by atoms with E-state index < -0.39 is 0 Å². The number of hydrogen-bond acceptors (Lipinski definition) is 2. The summed E-state index contributed by atoms with van der Waals surface area (Å²) in [6.07, 6.45) is 6.36. The molecule has 3 nitrogen and oxygen atoms in total. The molecule has 5 heteroatoms. The Bertz CT molecular complexity index is 500. The predicted molar refractivity (Wildman–Crippen MR) is 97.2 cm³/mol. The van der Waals surface area contributed by atoms with Crippen molar-refractivity contribution in [3.05, 3.63) is 34.9 Å². The van der Waals surface area contributed by atoms with Crippen LogP contribution in [0.5, 0.6) is 0 Å². The maximum atomic E-state index is 12.6. The molecule has 2 aliphatic rings. The molecule has 1 atom stereocenters. The summed E-state index contributed by atoms with van der Waals surface area (Å²) >= 11 is 5.97. The minimum atomic E-state index is 0. The van der Waals surface area contributed by atoms with Crippen molar-refractivity contribution in [1.29, 1.82) is 0 Å². The Kier molecular flexibility index (Phi) is 7.19. The van der Waals surface area contributed by atoms with E-state index >= 15 is 0 Å². The Balaban J connectivity index is 0.00000192. The molecule has 23 heavy (non-hydrogen) atoms. The molecule has 1 aromatic rings. The Morgan fingerprint density at radius 2 is 1.87 bits per heavy atom. The summed E-state index contributed by atoms with van der Waals surface area (Å²) in [5.41, 5.74) is 1.22. The van der Waals surface area contributed by atoms with Crippen molar-refractivity contribution in [2.24, 2.45) is 5.92 Å². The van der Waals surface area contributed by atoms with E-state index in [1.165, 1.54) is 18.4 Å². The summed E-state index contributed by atoms with van der Waals surface area (Å²) in [6, 6.07) is 8.22. The van der Waals surface area contributed by atoms with Gasteiger partial charge in [-0.25, -0.2) is 0 Å². The van der Waals surface area contributed by atoms with Gasteiger partial charge in [0.2, 0.25) is 5.91 Å². The maximum absolute atomic E-state index is 12.6. The standard InChI is InChI=1S/C18H25ClN2O.ClH/c19-16-6-4-15(5-7-16)17-2-1-13-21(17)18(22)8-3-14-9-11-20-12-10-14;/h4-7,14,17,20H,1-3,8-13H2;1H. The highest BCUT2D eigenvalue weighted by atomic mass is 35.5. The zero-order chi connectivity index (χ0) is 15.4. The lowest BCUT2D eigenvalue weighted by molar-refractivity contribution is -0.132. The number of hydrogen-bond donors (Lipinski definition) is 1. The van der Waals surface area contributed by atoms with E-state index in [2.05, 4.69) is 22.3 Å². The first-order valence-electron chi connectivity index (χ1n) is 8.49. The van der Waals surface area contributed by atoms with Crippen molar-refractivity contribution in [1.82, 2.24) is 10.2 Å². The van der Waals surface area contributed by atoms with E-state index in [0.29, 0.717) is 12.3 Å². The van der Waals surface area contributed by atoms with Crippen LogP contribution in [0.15, 0.2) is 24.3 Å². The second-order valence-electron chi connectivity index (χ2n) is 6.53. The molecular formula is C18H26Cl2N2O. The third-order valence-electron chi connectivity index (χ3n) is 5.05. The van der Waals surface area contributed by atoms with Gasteiger partial charge in [0.05, 0.1) is 6.04 Å². The third kappa shape index (κ3) is 4.85. The van der Waals surface area contributed by atoms with Crippen LogP contribution in [0.25, 0.3) is 0 Å². The molecule has 0 bridgehead atoms. The highest BCUT2D eigenvalue weighted by Crippen LogP contribution is 2.33. The first kappa shape index (κ1) is 18.6. The highest BCUT2D eigenvalue weighted by molar-refractivity contribution is 6.30. The van der Waals surface area contributed by atoms with Crippen LogP contribution in [-0.2, 0) is 4.79 Å². The molecule has 2 fully saturated rings. The Labute approximate surface area is 150 Å². The predicted octanol–water partition coefficient (Wildman–Crippen LogP) is 4.21. The summed E-state index contributed by atoms with van der Waals surface area (Å²) in [4.78, 5) is 14.7. The molecule has 2 saturated heterocycles. The lowest BCUT2D eigenvalue weighted by Crippen LogP contribution is -2.32. The lowest BCUT2D eigenvalue weighted by atomic mass is 9.93. The summed E-state index contributed by atoms with van der Waals surface area (Å²) in [6.45, 7) is 3.12. The average Bonchev–Trinajstić information content (AvgIpc) is 3.04. The van der Waals surface area contributed by atoms with Gasteiger partial charge >= 0.3 is 0 Å². The molecule has 2 heterocycles. The molecular weight excluding hydrogens is 331 g/mol. The number of amides is 1. The highest BCUT2D eigenvalue weighted by Gasteiger charge is 2.30. The molecule has 1 unspecified atom stereocenters. The quantitative estimate of drug-likeness (QED) is 0.876. The summed E-state index contributed by atoms with van der Waals surface area (Å²) in [5.74, 6) is 1.05. The SMILES string of the molecule is Cl.O=C(CCC1CCNCC1)N1CCCC1c1ccc(Cl)cc1. The number of carbonyl (C=O) groups excluding carboxylic acids is 1. The minimum absolute atomic E-state index is 0. The van der Waals surface area contributed by atoms with E-state index in [4.69, 9.17) is 11.6 Å². The molecule has 0 spiro atoms. The smallest absolute Gasteiger partial charge is 0.223 e. The van der Waals surface area contributed by atoms with Crippen molar-refractivity contribution in [3.63, 3.8) is 0 Å². The number of rotatable bonds is 4. The molecule has 3 rings (SSSR count). The zero-order valence-corrected chi connectivity index (χ0v) is 15.0. The van der Waals surface area contributed by atoms with Crippen LogP contribution in [-0.4, -0.2) is 30.4 Å². The molecule has 1 aromatic carbocycles. The number of benzene rings is 1. The number of halogens is 2. The minimum Gasteiger partial charge on any atom is -0.336 e. The van der Waals surface area contributed by atoms with Crippen LogP contribution in [0.3, 0.4) is 0 Å². The fourth-order valence-corrected chi connectivity index (χ4v) is 3.86. The van der Waals surface area contributed by atoms with Crippen LogP contribution in [0, 0.1) is 5.92 Å².